The van der Waals surface area contributed by atoms with Gasteiger partial charge >= 0.3 is 5.97 Å². The molecule has 0 spiro atoms. The van der Waals surface area contributed by atoms with E-state index in [1.54, 1.807) is 13.1 Å². The van der Waals surface area contributed by atoms with E-state index in [1.807, 2.05) is 44.2 Å². The van der Waals surface area contributed by atoms with Crippen LogP contribution in [0.1, 0.15) is 31.3 Å². The molecule has 0 amide bonds. The second-order valence-corrected chi connectivity index (χ2v) is 4.97. The van der Waals surface area contributed by atoms with Gasteiger partial charge in [-0.15, -0.1) is 0 Å². The number of fused-ring (bicyclic) bond motifs is 3. The van der Waals surface area contributed by atoms with Crippen LogP contribution in [0.25, 0.3) is 21.7 Å². The maximum atomic E-state index is 12.1. The van der Waals surface area contributed by atoms with Crippen LogP contribution in [0.3, 0.4) is 0 Å². The van der Waals surface area contributed by atoms with Crippen LogP contribution in [-0.2, 0) is 4.74 Å². The van der Waals surface area contributed by atoms with Crippen molar-refractivity contribution in [3.63, 3.8) is 0 Å². The summed E-state index contributed by atoms with van der Waals surface area (Å²) in [6.45, 7) is 6.08. The highest BCUT2D eigenvalue weighted by molar-refractivity contribution is 9.10. The lowest BCUT2D eigenvalue weighted by Crippen LogP contribution is -2.08. The SMILES string of the molecule is CC.CCOC(=O)c1nc2ccccc2c2ccnc(Br)c12. The third kappa shape index (κ3) is 2.95. The Hall–Kier alpha value is -2.01. The fourth-order valence-corrected chi connectivity index (χ4v) is 2.73. The van der Waals surface area contributed by atoms with Crippen molar-refractivity contribution in [1.82, 2.24) is 9.97 Å². The number of pyridine rings is 2. The molecule has 0 aliphatic carbocycles. The molecule has 0 atom stereocenters. The summed E-state index contributed by atoms with van der Waals surface area (Å²) in [5, 5.41) is 2.60. The number of ether oxygens (including phenoxy) is 1. The Morgan fingerprint density at radius 1 is 1.18 bits per heavy atom. The third-order valence-electron chi connectivity index (χ3n) is 3.04. The molecule has 2 heterocycles. The van der Waals surface area contributed by atoms with Crippen LogP contribution in [0, 0.1) is 0 Å². The lowest BCUT2D eigenvalue weighted by atomic mass is 10.1. The van der Waals surface area contributed by atoms with E-state index in [4.69, 9.17) is 4.74 Å². The molecule has 0 saturated carbocycles. The zero-order valence-corrected chi connectivity index (χ0v) is 14.3. The monoisotopic (exact) mass is 360 g/mol. The average molecular weight is 361 g/mol. The Labute approximate surface area is 137 Å². The van der Waals surface area contributed by atoms with Gasteiger partial charge < -0.3 is 4.74 Å². The lowest BCUT2D eigenvalue weighted by molar-refractivity contribution is 0.0522. The predicted octanol–water partition coefficient (Wildman–Crippen LogP) is 4.75. The van der Waals surface area contributed by atoms with E-state index >= 15 is 0 Å². The van der Waals surface area contributed by atoms with Crippen LogP contribution in [-0.4, -0.2) is 22.5 Å². The third-order valence-corrected chi connectivity index (χ3v) is 3.64. The molecule has 0 aliphatic heterocycles. The summed E-state index contributed by atoms with van der Waals surface area (Å²) in [7, 11) is 0. The summed E-state index contributed by atoms with van der Waals surface area (Å²) in [6, 6.07) is 9.58. The molecule has 4 nitrogen and oxygen atoms in total. The molecule has 0 saturated heterocycles. The average Bonchev–Trinajstić information content (AvgIpc) is 2.56. The fourth-order valence-electron chi connectivity index (χ4n) is 2.21. The number of benzene rings is 1. The van der Waals surface area contributed by atoms with E-state index in [-0.39, 0.29) is 0 Å². The minimum atomic E-state index is -0.433. The van der Waals surface area contributed by atoms with Gasteiger partial charge in [0.25, 0.3) is 0 Å². The van der Waals surface area contributed by atoms with Gasteiger partial charge in [0.2, 0.25) is 0 Å². The highest BCUT2D eigenvalue weighted by Crippen LogP contribution is 2.30. The molecule has 0 unspecified atom stereocenters. The normalized spacial score (nSPS) is 10.2. The van der Waals surface area contributed by atoms with Crippen molar-refractivity contribution in [1.29, 1.82) is 0 Å². The number of esters is 1. The highest BCUT2D eigenvalue weighted by atomic mass is 79.9. The van der Waals surface area contributed by atoms with Gasteiger partial charge in [-0.05, 0) is 40.4 Å². The molecule has 0 fully saturated rings. The summed E-state index contributed by atoms with van der Waals surface area (Å²) in [4.78, 5) is 20.7. The quantitative estimate of drug-likeness (QED) is 0.376. The molecule has 2 aromatic heterocycles. The number of hydrogen-bond donors (Lipinski definition) is 0. The first-order chi connectivity index (χ1) is 10.7. The second-order valence-electron chi connectivity index (χ2n) is 4.22. The van der Waals surface area contributed by atoms with E-state index in [0.29, 0.717) is 22.3 Å². The maximum Gasteiger partial charge on any atom is 0.357 e. The molecule has 114 valence electrons. The van der Waals surface area contributed by atoms with E-state index < -0.39 is 5.97 Å². The number of para-hydroxylation sites is 1. The Bertz CT molecular complexity index is 818. The number of halogens is 1. The van der Waals surface area contributed by atoms with Crippen LogP contribution < -0.4 is 0 Å². The number of carbonyl (C=O) groups is 1. The molecule has 0 aliphatic rings. The summed E-state index contributed by atoms with van der Waals surface area (Å²) < 4.78 is 5.68. The van der Waals surface area contributed by atoms with Crippen molar-refractivity contribution in [2.24, 2.45) is 0 Å². The van der Waals surface area contributed by atoms with Crippen LogP contribution in [0.2, 0.25) is 0 Å². The van der Waals surface area contributed by atoms with Gasteiger partial charge in [0.05, 0.1) is 12.1 Å². The molecule has 1 aromatic carbocycles. The van der Waals surface area contributed by atoms with Crippen LogP contribution in [0.5, 0.6) is 0 Å². The number of rotatable bonds is 2. The number of nitrogens with zero attached hydrogens (tertiary/aromatic N) is 2. The Morgan fingerprint density at radius 3 is 2.64 bits per heavy atom. The summed E-state index contributed by atoms with van der Waals surface area (Å²) in [5.41, 5.74) is 1.06. The largest absolute Gasteiger partial charge is 0.461 e. The van der Waals surface area contributed by atoms with Crippen LogP contribution >= 0.6 is 15.9 Å². The van der Waals surface area contributed by atoms with Gasteiger partial charge in [-0.25, -0.2) is 14.8 Å². The lowest BCUT2D eigenvalue weighted by Gasteiger charge is -2.09. The number of hydrogen-bond acceptors (Lipinski definition) is 4. The number of aromatic nitrogens is 2. The standard InChI is InChI=1S/C15H11BrN2O2.C2H6/c1-2-20-15(19)13-12-10(7-8-17-14(12)16)9-5-3-4-6-11(9)18-13;1-2/h3-8H,2H2,1H3;1-2H3. The first-order valence-electron chi connectivity index (χ1n) is 7.22. The summed E-state index contributed by atoms with van der Waals surface area (Å²) >= 11 is 3.39. The Kier molecular flexibility index (Phi) is 5.44. The van der Waals surface area contributed by atoms with Crippen LogP contribution in [0.4, 0.5) is 0 Å². The zero-order chi connectivity index (χ0) is 16.1. The topological polar surface area (TPSA) is 52.1 Å². The molecule has 0 bridgehead atoms. The van der Waals surface area contributed by atoms with E-state index in [1.165, 1.54) is 0 Å². The van der Waals surface area contributed by atoms with E-state index in [9.17, 15) is 4.79 Å². The van der Waals surface area contributed by atoms with Crippen LogP contribution in [0.15, 0.2) is 41.1 Å². The van der Waals surface area contributed by atoms with Gasteiger partial charge in [-0.1, -0.05) is 32.0 Å². The van der Waals surface area contributed by atoms with Crippen molar-refractivity contribution in [2.45, 2.75) is 20.8 Å². The number of carbonyl (C=O) groups excluding carboxylic acids is 1. The molecule has 0 N–H and O–H groups in total. The van der Waals surface area contributed by atoms with Gasteiger partial charge in [-0.3, -0.25) is 0 Å². The second kappa shape index (κ2) is 7.31. The minimum Gasteiger partial charge on any atom is -0.461 e. The molecule has 22 heavy (non-hydrogen) atoms. The molecular formula is C17H17BrN2O2. The smallest absolute Gasteiger partial charge is 0.357 e. The van der Waals surface area contributed by atoms with Crippen molar-refractivity contribution in [3.05, 3.63) is 46.8 Å². The van der Waals surface area contributed by atoms with Crippen molar-refractivity contribution in [3.8, 4) is 0 Å². The molecule has 3 rings (SSSR count). The Balaban J connectivity index is 0.000000847. The summed E-state index contributed by atoms with van der Waals surface area (Å²) in [5.74, 6) is -0.433. The maximum absolute atomic E-state index is 12.1. The first kappa shape index (κ1) is 16.4. The van der Waals surface area contributed by atoms with Gasteiger partial charge in [0.1, 0.15) is 4.60 Å². The van der Waals surface area contributed by atoms with Gasteiger partial charge in [0, 0.05) is 17.0 Å². The molecule has 3 aromatic rings. The van der Waals surface area contributed by atoms with Crippen molar-refractivity contribution < 1.29 is 9.53 Å². The van der Waals surface area contributed by atoms with E-state index in [2.05, 4.69) is 25.9 Å². The summed E-state index contributed by atoms with van der Waals surface area (Å²) in [6.07, 6.45) is 1.70. The zero-order valence-electron chi connectivity index (χ0n) is 12.8. The highest BCUT2D eigenvalue weighted by Gasteiger charge is 2.18. The fraction of sp³-hybridized carbons (Fsp3) is 0.235. The predicted molar refractivity (Wildman–Crippen MR) is 92.0 cm³/mol. The minimum absolute atomic E-state index is 0.292. The van der Waals surface area contributed by atoms with Crippen molar-refractivity contribution >= 4 is 43.6 Å². The molecule has 5 heteroatoms. The Morgan fingerprint density at radius 2 is 1.91 bits per heavy atom. The van der Waals surface area contributed by atoms with Gasteiger partial charge in [0.15, 0.2) is 5.69 Å². The van der Waals surface area contributed by atoms with Crippen molar-refractivity contribution in [2.75, 3.05) is 6.61 Å². The molecular weight excluding hydrogens is 344 g/mol. The van der Waals surface area contributed by atoms with Gasteiger partial charge in [-0.2, -0.15) is 0 Å². The first-order valence-corrected chi connectivity index (χ1v) is 8.01. The molecule has 0 radical (unpaired) electrons. The van der Waals surface area contributed by atoms with E-state index in [0.717, 1.165) is 16.3 Å².